The van der Waals surface area contributed by atoms with Crippen molar-refractivity contribution in [2.24, 2.45) is 7.05 Å². The summed E-state index contributed by atoms with van der Waals surface area (Å²) in [6.45, 7) is 3.58. The third kappa shape index (κ3) is 4.31. The number of aromatic nitrogens is 2. The molecule has 1 atom stereocenters. The quantitative estimate of drug-likeness (QED) is 0.597. The van der Waals surface area contributed by atoms with Crippen LogP contribution in [0.25, 0.3) is 11.0 Å². The lowest BCUT2D eigenvalue weighted by Crippen LogP contribution is -2.28. The number of aryl methyl sites for hydroxylation is 2. The third-order valence-electron chi connectivity index (χ3n) is 4.71. The van der Waals surface area contributed by atoms with Crippen molar-refractivity contribution < 1.29 is 23.1 Å². The Morgan fingerprint density at radius 2 is 1.87 bits per heavy atom. The second-order valence-electron chi connectivity index (χ2n) is 6.99. The summed E-state index contributed by atoms with van der Waals surface area (Å²) in [5.41, 5.74) is 2.40. The van der Waals surface area contributed by atoms with E-state index in [4.69, 9.17) is 16.7 Å². The smallest absolute Gasteiger partial charge is 0.319 e. The van der Waals surface area contributed by atoms with Gasteiger partial charge in [0.05, 0.1) is 16.0 Å². The van der Waals surface area contributed by atoms with Gasteiger partial charge in [-0.25, -0.2) is 13.4 Å². The number of amides is 1. The highest BCUT2D eigenvalue weighted by atomic mass is 35.5. The van der Waals surface area contributed by atoms with E-state index in [0.717, 1.165) is 5.69 Å². The highest BCUT2D eigenvalue weighted by Gasteiger charge is 2.21. The predicted octanol–water partition coefficient (Wildman–Crippen LogP) is 2.88. The van der Waals surface area contributed by atoms with Crippen molar-refractivity contribution in [3.8, 4) is 0 Å². The Morgan fingerprint density at radius 1 is 1.23 bits per heavy atom. The summed E-state index contributed by atoms with van der Waals surface area (Å²) in [6, 6.07) is 8.74. The Bertz CT molecular complexity index is 1250. The molecule has 0 saturated carbocycles. The molecule has 0 bridgehead atoms. The minimum atomic E-state index is -3.91. The molecule has 8 nitrogen and oxygen atoms in total. The SMILES string of the molecule is Cc1cc(Cl)c2cc(C(=O)NC(C)c3ccc(S(=O)(=O)CC(=O)O)cc3)n(C)c2n1. The van der Waals surface area contributed by atoms with E-state index < -0.39 is 27.6 Å². The van der Waals surface area contributed by atoms with Gasteiger partial charge in [0.15, 0.2) is 15.6 Å². The van der Waals surface area contributed by atoms with Gasteiger partial charge in [-0.05, 0) is 43.7 Å². The molecular formula is C20H20ClN3O5S. The Kier molecular flexibility index (Phi) is 5.87. The number of carbonyl (C=O) groups is 2. The van der Waals surface area contributed by atoms with Crippen LogP contribution in [0.2, 0.25) is 5.02 Å². The Labute approximate surface area is 178 Å². The van der Waals surface area contributed by atoms with Crippen molar-refractivity contribution >= 4 is 44.3 Å². The Morgan fingerprint density at radius 3 is 2.47 bits per heavy atom. The molecule has 0 aliphatic carbocycles. The second-order valence-corrected chi connectivity index (χ2v) is 9.39. The van der Waals surface area contributed by atoms with Gasteiger partial charge in [0.2, 0.25) is 0 Å². The average Bonchev–Trinajstić information content (AvgIpc) is 2.98. The third-order valence-corrected chi connectivity index (χ3v) is 6.64. The van der Waals surface area contributed by atoms with Crippen LogP contribution in [0.4, 0.5) is 0 Å². The van der Waals surface area contributed by atoms with Gasteiger partial charge in [0.1, 0.15) is 11.3 Å². The number of nitrogens with one attached hydrogen (secondary N) is 1. The zero-order valence-corrected chi connectivity index (χ0v) is 18.1. The molecule has 158 valence electrons. The lowest BCUT2D eigenvalue weighted by Gasteiger charge is -2.15. The highest BCUT2D eigenvalue weighted by molar-refractivity contribution is 7.92. The van der Waals surface area contributed by atoms with Crippen molar-refractivity contribution in [1.29, 1.82) is 0 Å². The monoisotopic (exact) mass is 449 g/mol. The van der Waals surface area contributed by atoms with Crippen LogP contribution in [0.3, 0.4) is 0 Å². The Hall–Kier alpha value is -2.91. The van der Waals surface area contributed by atoms with E-state index in [0.29, 0.717) is 27.3 Å². The van der Waals surface area contributed by atoms with Gasteiger partial charge < -0.3 is 15.0 Å². The Balaban J connectivity index is 1.81. The highest BCUT2D eigenvalue weighted by Crippen LogP contribution is 2.26. The van der Waals surface area contributed by atoms with Crippen molar-refractivity contribution in [1.82, 2.24) is 14.9 Å². The molecule has 3 rings (SSSR count). The number of carboxylic acid groups (broad SMARTS) is 1. The number of carboxylic acids is 1. The first-order valence-electron chi connectivity index (χ1n) is 8.97. The molecule has 0 saturated heterocycles. The summed E-state index contributed by atoms with van der Waals surface area (Å²) in [7, 11) is -2.18. The van der Waals surface area contributed by atoms with Crippen LogP contribution in [0.15, 0.2) is 41.3 Å². The summed E-state index contributed by atoms with van der Waals surface area (Å²) in [5.74, 6) is -2.73. The summed E-state index contributed by atoms with van der Waals surface area (Å²) < 4.78 is 25.6. The molecule has 1 amide bonds. The molecule has 1 unspecified atom stereocenters. The number of hydrogen-bond acceptors (Lipinski definition) is 5. The van der Waals surface area contributed by atoms with Crippen LogP contribution in [-0.4, -0.2) is 40.7 Å². The number of pyridine rings is 1. The zero-order chi connectivity index (χ0) is 22.2. The van der Waals surface area contributed by atoms with E-state index in [1.807, 2.05) is 6.92 Å². The fourth-order valence-electron chi connectivity index (χ4n) is 3.15. The molecule has 0 radical (unpaired) electrons. The maximum atomic E-state index is 12.8. The summed E-state index contributed by atoms with van der Waals surface area (Å²) >= 11 is 6.27. The number of carbonyl (C=O) groups excluding carboxylic acids is 1. The van der Waals surface area contributed by atoms with Crippen LogP contribution in [-0.2, 0) is 21.7 Å². The number of halogens is 1. The van der Waals surface area contributed by atoms with E-state index in [1.165, 1.54) is 12.1 Å². The van der Waals surface area contributed by atoms with E-state index in [1.54, 1.807) is 42.8 Å². The van der Waals surface area contributed by atoms with Crippen LogP contribution < -0.4 is 5.32 Å². The topological polar surface area (TPSA) is 118 Å². The molecular weight excluding hydrogens is 430 g/mol. The number of rotatable bonds is 6. The molecule has 0 fully saturated rings. The number of benzene rings is 1. The maximum Gasteiger partial charge on any atom is 0.319 e. The van der Waals surface area contributed by atoms with Gasteiger partial charge in [0.25, 0.3) is 5.91 Å². The van der Waals surface area contributed by atoms with Crippen molar-refractivity contribution in [2.75, 3.05) is 5.75 Å². The molecule has 2 aromatic heterocycles. The van der Waals surface area contributed by atoms with Crippen molar-refractivity contribution in [3.63, 3.8) is 0 Å². The first-order valence-corrected chi connectivity index (χ1v) is 11.0. The predicted molar refractivity (Wildman–Crippen MR) is 112 cm³/mol. The molecule has 2 heterocycles. The van der Waals surface area contributed by atoms with Gasteiger partial charge >= 0.3 is 5.97 Å². The number of aliphatic carboxylic acids is 1. The summed E-state index contributed by atoms with van der Waals surface area (Å²) in [4.78, 5) is 27.9. The lowest BCUT2D eigenvalue weighted by molar-refractivity contribution is -0.134. The summed E-state index contributed by atoms with van der Waals surface area (Å²) in [6.07, 6.45) is 0. The summed E-state index contributed by atoms with van der Waals surface area (Å²) in [5, 5.41) is 12.8. The van der Waals surface area contributed by atoms with E-state index in [-0.39, 0.29) is 10.8 Å². The molecule has 0 spiro atoms. The van der Waals surface area contributed by atoms with E-state index >= 15 is 0 Å². The number of sulfone groups is 1. The lowest BCUT2D eigenvalue weighted by atomic mass is 10.1. The van der Waals surface area contributed by atoms with Crippen LogP contribution in [0, 0.1) is 6.92 Å². The van der Waals surface area contributed by atoms with E-state index in [9.17, 15) is 18.0 Å². The number of nitrogens with zero attached hydrogens (tertiary/aromatic N) is 2. The fourth-order valence-corrected chi connectivity index (χ4v) is 4.49. The molecule has 10 heteroatoms. The minimum absolute atomic E-state index is 0.0862. The van der Waals surface area contributed by atoms with Crippen LogP contribution in [0.5, 0.6) is 0 Å². The zero-order valence-electron chi connectivity index (χ0n) is 16.5. The van der Waals surface area contributed by atoms with Crippen LogP contribution in [0.1, 0.15) is 34.7 Å². The van der Waals surface area contributed by atoms with Crippen molar-refractivity contribution in [3.05, 3.63) is 58.4 Å². The first-order chi connectivity index (χ1) is 14.0. The fraction of sp³-hybridized carbons (Fsp3) is 0.250. The molecule has 3 aromatic rings. The van der Waals surface area contributed by atoms with Gasteiger partial charge in [-0.15, -0.1) is 0 Å². The van der Waals surface area contributed by atoms with Crippen molar-refractivity contribution in [2.45, 2.75) is 24.8 Å². The molecule has 0 aliphatic rings. The molecule has 1 aromatic carbocycles. The molecule has 30 heavy (non-hydrogen) atoms. The number of hydrogen-bond donors (Lipinski definition) is 2. The normalized spacial score (nSPS) is 12.7. The first kappa shape index (κ1) is 21.8. The molecule has 2 N–H and O–H groups in total. The van der Waals surface area contributed by atoms with E-state index in [2.05, 4.69) is 10.3 Å². The molecule has 0 aliphatic heterocycles. The van der Waals surface area contributed by atoms with Gasteiger partial charge in [-0.1, -0.05) is 23.7 Å². The van der Waals surface area contributed by atoms with Crippen LogP contribution >= 0.6 is 11.6 Å². The standard InChI is InChI=1S/C20H20ClN3O5S/c1-11-8-16(21)15-9-17(24(3)19(15)22-11)20(27)23-12(2)13-4-6-14(7-5-13)30(28,29)10-18(25)26/h4-9,12H,10H2,1-3H3,(H,23,27)(H,25,26). The largest absolute Gasteiger partial charge is 0.480 e. The van der Waals surface area contributed by atoms with Gasteiger partial charge in [-0.2, -0.15) is 0 Å². The minimum Gasteiger partial charge on any atom is -0.480 e. The maximum absolute atomic E-state index is 12.8. The van der Waals surface area contributed by atoms with Gasteiger partial charge in [-0.3, -0.25) is 9.59 Å². The number of fused-ring (bicyclic) bond motifs is 1. The second kappa shape index (κ2) is 8.08. The van der Waals surface area contributed by atoms with Gasteiger partial charge in [0, 0.05) is 18.1 Å². The average molecular weight is 450 g/mol.